The second kappa shape index (κ2) is 32.8. The van der Waals surface area contributed by atoms with Gasteiger partial charge in [-0.25, -0.2) is 0 Å². The molecule has 0 unspecified atom stereocenters. The first-order valence-electron chi connectivity index (χ1n) is 19.9. The van der Waals surface area contributed by atoms with Gasteiger partial charge in [0.05, 0.1) is 0 Å². The number of aryl methyl sites for hydroxylation is 3. The fraction of sp³-hybridized carbons (Fsp3) is 0.727. The fourth-order valence-electron chi connectivity index (χ4n) is 6.26. The van der Waals surface area contributed by atoms with E-state index in [0.717, 1.165) is 0 Å². The molecule has 0 aliphatic heterocycles. The first kappa shape index (κ1) is 40.5. The predicted molar refractivity (Wildman–Crippen MR) is 201 cm³/mol. The maximum absolute atomic E-state index is 2.37. The van der Waals surface area contributed by atoms with E-state index in [2.05, 4.69) is 75.4 Å². The average Bonchev–Trinajstić information content (AvgIpc) is 3.06. The molecule has 0 amide bonds. The number of hydrogen-bond donors (Lipinski definition) is 0. The van der Waals surface area contributed by atoms with E-state index in [0.29, 0.717) is 0 Å². The van der Waals surface area contributed by atoms with Crippen LogP contribution >= 0.6 is 0 Å². The van der Waals surface area contributed by atoms with Crippen LogP contribution in [0.1, 0.15) is 204 Å². The summed E-state index contributed by atoms with van der Waals surface area (Å²) in [5.41, 5.74) is 4.57. The summed E-state index contributed by atoms with van der Waals surface area (Å²) < 4.78 is 0. The van der Waals surface area contributed by atoms with E-state index in [9.17, 15) is 0 Å². The Labute approximate surface area is 277 Å². The van der Waals surface area contributed by atoms with E-state index < -0.39 is 0 Å². The molecule has 0 nitrogen and oxygen atoms in total. The van der Waals surface area contributed by atoms with Crippen LogP contribution in [-0.2, 0) is 19.3 Å². The highest BCUT2D eigenvalue weighted by Crippen LogP contribution is 2.15. The standard InChI is InChI=1S/C24H42.C20H34/c1-3-5-7-9-11-13-15-17-23-19-21-24(22-20-23)18-16-14-12-10-8-6-4-2;1-2-3-4-5-6-7-8-9-10-11-12-14-17-20-18-15-13-16-19-20/h19-22H,3-18H2,1-2H3;13,15-16,18-19H,2-12,14,17H2,1H3. The average molecular weight is 605 g/mol. The lowest BCUT2D eigenvalue weighted by Gasteiger charge is -2.05. The Hall–Kier alpha value is -1.56. The molecule has 0 spiro atoms. The molecule has 0 bridgehead atoms. The van der Waals surface area contributed by atoms with Gasteiger partial charge in [0.25, 0.3) is 0 Å². The minimum atomic E-state index is 1.26. The van der Waals surface area contributed by atoms with Crippen molar-refractivity contribution in [1.82, 2.24) is 0 Å². The van der Waals surface area contributed by atoms with Crippen LogP contribution in [0.3, 0.4) is 0 Å². The number of benzene rings is 2. The van der Waals surface area contributed by atoms with Crippen molar-refractivity contribution in [2.24, 2.45) is 0 Å². The fourth-order valence-corrected chi connectivity index (χ4v) is 6.26. The molecule has 0 saturated carbocycles. The van der Waals surface area contributed by atoms with Crippen LogP contribution in [-0.4, -0.2) is 0 Å². The topological polar surface area (TPSA) is 0 Å². The lowest BCUT2D eigenvalue weighted by Crippen LogP contribution is -1.90. The summed E-state index contributed by atoms with van der Waals surface area (Å²) in [6.45, 7) is 6.87. The predicted octanol–water partition coefficient (Wildman–Crippen LogP) is 15.2. The van der Waals surface area contributed by atoms with Crippen molar-refractivity contribution in [3.8, 4) is 0 Å². The van der Waals surface area contributed by atoms with E-state index in [-0.39, 0.29) is 0 Å². The van der Waals surface area contributed by atoms with Gasteiger partial charge in [-0.2, -0.15) is 0 Å². The highest BCUT2D eigenvalue weighted by Gasteiger charge is 1.98. The first-order valence-corrected chi connectivity index (χ1v) is 19.9. The number of unbranched alkanes of at least 4 members (excludes halogenated alkanes) is 23. The minimum Gasteiger partial charge on any atom is -0.0654 e. The van der Waals surface area contributed by atoms with Crippen molar-refractivity contribution < 1.29 is 0 Å². The van der Waals surface area contributed by atoms with Crippen molar-refractivity contribution in [2.75, 3.05) is 0 Å². The Morgan fingerprint density at radius 1 is 0.250 bits per heavy atom. The van der Waals surface area contributed by atoms with Gasteiger partial charge in [0.1, 0.15) is 0 Å². The largest absolute Gasteiger partial charge is 0.0654 e. The second-order valence-electron chi connectivity index (χ2n) is 13.7. The van der Waals surface area contributed by atoms with Crippen molar-refractivity contribution >= 4 is 0 Å². The molecule has 0 aromatic heterocycles. The summed E-state index contributed by atoms with van der Waals surface area (Å²) in [4.78, 5) is 0. The quantitative estimate of drug-likeness (QED) is 0.0810. The number of rotatable bonds is 29. The van der Waals surface area contributed by atoms with E-state index in [4.69, 9.17) is 0 Å². The van der Waals surface area contributed by atoms with Gasteiger partial charge in [-0.15, -0.1) is 0 Å². The van der Waals surface area contributed by atoms with Crippen LogP contribution in [0.2, 0.25) is 0 Å². The van der Waals surface area contributed by atoms with E-state index in [1.165, 1.54) is 203 Å². The van der Waals surface area contributed by atoms with Gasteiger partial charge in [0, 0.05) is 0 Å². The highest BCUT2D eigenvalue weighted by atomic mass is 14.0. The van der Waals surface area contributed by atoms with Crippen molar-refractivity contribution in [3.63, 3.8) is 0 Å². The van der Waals surface area contributed by atoms with Crippen LogP contribution in [0.15, 0.2) is 54.6 Å². The Balaban J connectivity index is 0.000000447. The van der Waals surface area contributed by atoms with Gasteiger partial charge in [-0.3, -0.25) is 0 Å². The number of hydrogen-bond acceptors (Lipinski definition) is 0. The lowest BCUT2D eigenvalue weighted by molar-refractivity contribution is 0.544. The molecule has 0 radical (unpaired) electrons. The summed E-state index contributed by atoms with van der Waals surface area (Å²) in [5.74, 6) is 0. The molecule has 0 aliphatic rings. The molecule has 0 aliphatic carbocycles. The smallest absolute Gasteiger partial charge is 0.0279 e. The van der Waals surface area contributed by atoms with Crippen LogP contribution in [0.25, 0.3) is 0 Å². The summed E-state index contributed by atoms with van der Waals surface area (Å²) >= 11 is 0. The van der Waals surface area contributed by atoms with E-state index in [1.807, 2.05) is 0 Å². The Morgan fingerprint density at radius 2 is 0.477 bits per heavy atom. The van der Waals surface area contributed by atoms with Gasteiger partial charge >= 0.3 is 0 Å². The van der Waals surface area contributed by atoms with Gasteiger partial charge in [0.15, 0.2) is 0 Å². The zero-order chi connectivity index (χ0) is 31.6. The molecular weight excluding hydrogens is 528 g/mol. The summed E-state index contributed by atoms with van der Waals surface area (Å²) in [6.07, 6.45) is 40.7. The Morgan fingerprint density at radius 3 is 0.750 bits per heavy atom. The van der Waals surface area contributed by atoms with Gasteiger partial charge in [-0.1, -0.05) is 223 Å². The SMILES string of the molecule is CCCCCCCCCCCCCCc1ccccc1.CCCCCCCCCc1ccc(CCCCCCCCC)cc1. The van der Waals surface area contributed by atoms with Gasteiger partial charge < -0.3 is 0 Å². The maximum atomic E-state index is 2.37. The normalized spacial score (nSPS) is 11.0. The third-order valence-electron chi connectivity index (χ3n) is 9.32. The zero-order valence-corrected chi connectivity index (χ0v) is 30.2. The summed E-state index contributed by atoms with van der Waals surface area (Å²) in [6, 6.07) is 20.4. The van der Waals surface area contributed by atoms with Gasteiger partial charge in [-0.05, 0) is 55.2 Å². The lowest BCUT2D eigenvalue weighted by atomic mass is 10.0. The molecule has 2 aromatic carbocycles. The molecule has 0 heteroatoms. The molecule has 44 heavy (non-hydrogen) atoms. The zero-order valence-electron chi connectivity index (χ0n) is 30.2. The molecular formula is C44H76. The molecule has 2 rings (SSSR count). The first-order chi connectivity index (χ1) is 21.8. The maximum Gasteiger partial charge on any atom is -0.0279 e. The third kappa shape index (κ3) is 26.8. The van der Waals surface area contributed by atoms with E-state index in [1.54, 1.807) is 0 Å². The molecule has 0 atom stereocenters. The Bertz CT molecular complexity index is 752. The third-order valence-corrected chi connectivity index (χ3v) is 9.32. The van der Waals surface area contributed by atoms with Crippen LogP contribution < -0.4 is 0 Å². The molecule has 0 heterocycles. The minimum absolute atomic E-state index is 1.26. The van der Waals surface area contributed by atoms with E-state index >= 15 is 0 Å². The second-order valence-corrected chi connectivity index (χ2v) is 13.7. The monoisotopic (exact) mass is 605 g/mol. The molecule has 252 valence electrons. The van der Waals surface area contributed by atoms with Crippen molar-refractivity contribution in [1.29, 1.82) is 0 Å². The van der Waals surface area contributed by atoms with Crippen LogP contribution in [0.4, 0.5) is 0 Å². The summed E-state index contributed by atoms with van der Waals surface area (Å²) in [7, 11) is 0. The molecule has 0 saturated heterocycles. The van der Waals surface area contributed by atoms with Crippen LogP contribution in [0.5, 0.6) is 0 Å². The Kier molecular flexibility index (Phi) is 30.2. The van der Waals surface area contributed by atoms with Gasteiger partial charge in [0.2, 0.25) is 0 Å². The summed E-state index contributed by atoms with van der Waals surface area (Å²) in [5, 5.41) is 0. The van der Waals surface area contributed by atoms with Crippen molar-refractivity contribution in [2.45, 2.75) is 207 Å². The molecule has 0 fully saturated rings. The highest BCUT2D eigenvalue weighted by molar-refractivity contribution is 5.22. The molecule has 2 aromatic rings. The van der Waals surface area contributed by atoms with Crippen molar-refractivity contribution in [3.05, 3.63) is 71.3 Å². The molecule has 0 N–H and O–H groups in total. The van der Waals surface area contributed by atoms with Crippen LogP contribution in [0, 0.1) is 0 Å².